The molecular weight excluding hydrogens is 262 g/mol. The second kappa shape index (κ2) is 4.59. The van der Waals surface area contributed by atoms with Crippen LogP contribution in [-0.2, 0) is 9.59 Å². The van der Waals surface area contributed by atoms with Gasteiger partial charge in [-0.15, -0.1) is 11.3 Å². The highest BCUT2D eigenvalue weighted by Crippen LogP contribution is 2.32. The van der Waals surface area contributed by atoms with E-state index in [-0.39, 0.29) is 24.3 Å². The maximum absolute atomic E-state index is 12.2. The minimum absolute atomic E-state index is 0.0503. The molecule has 2 amide bonds. The molecule has 1 aliphatic heterocycles. The predicted octanol–water partition coefficient (Wildman–Crippen LogP) is 1.97. The molecule has 5 nitrogen and oxygen atoms in total. The number of aromatic nitrogens is 1. The van der Waals surface area contributed by atoms with Gasteiger partial charge in [0.1, 0.15) is 6.04 Å². The van der Waals surface area contributed by atoms with Gasteiger partial charge in [0.2, 0.25) is 5.91 Å². The van der Waals surface area contributed by atoms with Crippen molar-refractivity contribution in [3.8, 4) is 0 Å². The normalized spacial score (nSPS) is 23.5. The topological polar surface area (TPSA) is 62.3 Å². The van der Waals surface area contributed by atoms with Crippen LogP contribution in [0, 0.1) is 0 Å². The lowest BCUT2D eigenvalue weighted by molar-refractivity contribution is -0.139. The van der Waals surface area contributed by atoms with Gasteiger partial charge < -0.3 is 5.32 Å². The molecule has 6 heteroatoms. The summed E-state index contributed by atoms with van der Waals surface area (Å²) in [6, 6.07) is -0.270. The molecule has 3 rings (SSSR count). The van der Waals surface area contributed by atoms with Crippen molar-refractivity contribution in [1.82, 2.24) is 9.88 Å². The van der Waals surface area contributed by atoms with Gasteiger partial charge in [0.15, 0.2) is 5.13 Å². The minimum Gasteiger partial charge on any atom is -0.349 e. The largest absolute Gasteiger partial charge is 0.349 e. The van der Waals surface area contributed by atoms with E-state index in [9.17, 15) is 9.59 Å². The van der Waals surface area contributed by atoms with Gasteiger partial charge in [-0.1, -0.05) is 13.8 Å². The second-order valence-corrected chi connectivity index (χ2v) is 6.32. The van der Waals surface area contributed by atoms with E-state index in [1.807, 2.05) is 5.38 Å². The van der Waals surface area contributed by atoms with Crippen molar-refractivity contribution in [1.29, 1.82) is 0 Å². The number of rotatable bonds is 4. The zero-order valence-corrected chi connectivity index (χ0v) is 11.9. The van der Waals surface area contributed by atoms with Crippen molar-refractivity contribution in [3.05, 3.63) is 11.1 Å². The van der Waals surface area contributed by atoms with Crippen LogP contribution >= 0.6 is 11.3 Å². The van der Waals surface area contributed by atoms with Crippen LogP contribution in [0.15, 0.2) is 5.38 Å². The van der Waals surface area contributed by atoms with E-state index in [1.165, 1.54) is 16.2 Å². The summed E-state index contributed by atoms with van der Waals surface area (Å²) in [6.07, 6.45) is 2.17. The fraction of sp³-hybridized carbons (Fsp3) is 0.615. The van der Waals surface area contributed by atoms with Crippen LogP contribution < -0.4 is 5.32 Å². The zero-order chi connectivity index (χ0) is 13.6. The van der Waals surface area contributed by atoms with Crippen molar-refractivity contribution < 1.29 is 9.59 Å². The first kappa shape index (κ1) is 12.6. The lowest BCUT2D eigenvalue weighted by atomic mass is 10.2. The summed E-state index contributed by atoms with van der Waals surface area (Å²) < 4.78 is 0. The molecule has 1 saturated heterocycles. The standard InChI is InChI=1S/C13H17N3O2S/c1-7(2)10-6-19-13(15-10)14-9-5-11(17)16(12(9)18)8-3-4-8/h6-9H,3-5H2,1-2H3,(H,14,15). The average molecular weight is 279 g/mol. The van der Waals surface area contributed by atoms with Gasteiger partial charge in [-0.2, -0.15) is 0 Å². The number of imide groups is 1. The van der Waals surface area contributed by atoms with Crippen LogP contribution in [0.1, 0.15) is 44.7 Å². The molecule has 1 atom stereocenters. The number of amides is 2. The molecule has 102 valence electrons. The highest BCUT2D eigenvalue weighted by atomic mass is 32.1. The number of carbonyl (C=O) groups excluding carboxylic acids is 2. The molecule has 1 aromatic heterocycles. The van der Waals surface area contributed by atoms with E-state index >= 15 is 0 Å². The molecule has 1 N–H and O–H groups in total. The summed E-state index contributed by atoms with van der Waals surface area (Å²) in [4.78, 5) is 29.9. The minimum atomic E-state index is -0.431. The molecule has 0 spiro atoms. The third kappa shape index (κ3) is 2.36. The van der Waals surface area contributed by atoms with Crippen molar-refractivity contribution in [2.45, 2.75) is 51.1 Å². The predicted molar refractivity (Wildman–Crippen MR) is 73.1 cm³/mol. The van der Waals surface area contributed by atoms with E-state index in [4.69, 9.17) is 0 Å². The summed E-state index contributed by atoms with van der Waals surface area (Å²) in [5.41, 5.74) is 1.02. The van der Waals surface area contributed by atoms with Crippen molar-refractivity contribution >= 4 is 28.3 Å². The molecule has 2 fully saturated rings. The van der Waals surface area contributed by atoms with E-state index in [0.29, 0.717) is 5.92 Å². The number of nitrogens with zero attached hydrogens (tertiary/aromatic N) is 2. The summed E-state index contributed by atoms with van der Waals surface area (Å²) in [7, 11) is 0. The lowest BCUT2D eigenvalue weighted by Crippen LogP contribution is -2.36. The highest BCUT2D eigenvalue weighted by Gasteiger charge is 2.46. The average Bonchev–Trinajstić information content (AvgIpc) is 2.98. The third-order valence-electron chi connectivity index (χ3n) is 3.51. The number of nitrogens with one attached hydrogen (secondary N) is 1. The van der Waals surface area contributed by atoms with Crippen molar-refractivity contribution in [2.24, 2.45) is 0 Å². The zero-order valence-electron chi connectivity index (χ0n) is 11.0. The molecule has 19 heavy (non-hydrogen) atoms. The summed E-state index contributed by atoms with van der Waals surface area (Å²) in [5, 5.41) is 5.83. The fourth-order valence-corrected chi connectivity index (χ4v) is 3.17. The van der Waals surface area contributed by atoms with Gasteiger partial charge >= 0.3 is 0 Å². The molecule has 1 aliphatic carbocycles. The first-order chi connectivity index (χ1) is 9.06. The maximum atomic E-state index is 12.2. The second-order valence-electron chi connectivity index (χ2n) is 5.47. The summed E-state index contributed by atoms with van der Waals surface area (Å²) in [5.74, 6) is 0.232. The fourth-order valence-electron chi connectivity index (χ4n) is 2.25. The molecule has 1 aromatic rings. The Bertz CT molecular complexity index is 522. The summed E-state index contributed by atoms with van der Waals surface area (Å²) >= 11 is 1.49. The Morgan fingerprint density at radius 2 is 2.16 bits per heavy atom. The van der Waals surface area contributed by atoms with E-state index < -0.39 is 6.04 Å². The molecule has 0 radical (unpaired) electrons. The molecule has 1 saturated carbocycles. The quantitative estimate of drug-likeness (QED) is 0.856. The van der Waals surface area contributed by atoms with Crippen molar-refractivity contribution in [3.63, 3.8) is 0 Å². The molecule has 2 heterocycles. The van der Waals surface area contributed by atoms with Crippen LogP contribution in [0.3, 0.4) is 0 Å². The Balaban J connectivity index is 1.69. The Morgan fingerprint density at radius 3 is 2.74 bits per heavy atom. The van der Waals surface area contributed by atoms with Gasteiger partial charge in [-0.05, 0) is 18.8 Å². The Hall–Kier alpha value is -1.43. The van der Waals surface area contributed by atoms with Crippen LogP contribution in [-0.4, -0.2) is 33.8 Å². The van der Waals surface area contributed by atoms with Crippen LogP contribution in [0.2, 0.25) is 0 Å². The number of anilines is 1. The van der Waals surface area contributed by atoms with Gasteiger partial charge in [0.05, 0.1) is 12.1 Å². The third-order valence-corrected chi connectivity index (χ3v) is 4.30. The molecule has 0 bridgehead atoms. The summed E-state index contributed by atoms with van der Waals surface area (Å²) in [6.45, 7) is 4.16. The van der Waals surface area contributed by atoms with Crippen molar-refractivity contribution in [2.75, 3.05) is 5.32 Å². The van der Waals surface area contributed by atoms with Crippen LogP contribution in [0.25, 0.3) is 0 Å². The lowest BCUT2D eigenvalue weighted by Gasteiger charge is -2.13. The number of likely N-dealkylation sites (tertiary alicyclic amines) is 1. The first-order valence-corrected chi connectivity index (χ1v) is 7.52. The maximum Gasteiger partial charge on any atom is 0.252 e. The number of hydrogen-bond acceptors (Lipinski definition) is 5. The van der Waals surface area contributed by atoms with Crippen LogP contribution in [0.4, 0.5) is 5.13 Å². The Labute approximate surface area is 116 Å². The van der Waals surface area contributed by atoms with Gasteiger partial charge in [-0.25, -0.2) is 4.98 Å². The first-order valence-electron chi connectivity index (χ1n) is 6.64. The molecule has 0 aromatic carbocycles. The van der Waals surface area contributed by atoms with Gasteiger partial charge in [-0.3, -0.25) is 14.5 Å². The highest BCUT2D eigenvalue weighted by molar-refractivity contribution is 7.13. The number of hydrogen-bond donors (Lipinski definition) is 1. The number of thiazole rings is 1. The van der Waals surface area contributed by atoms with E-state index in [2.05, 4.69) is 24.1 Å². The monoisotopic (exact) mass is 279 g/mol. The molecule has 2 aliphatic rings. The smallest absolute Gasteiger partial charge is 0.252 e. The Kier molecular flexibility index (Phi) is 3.05. The van der Waals surface area contributed by atoms with E-state index in [0.717, 1.165) is 23.7 Å². The molecule has 1 unspecified atom stereocenters. The SMILES string of the molecule is CC(C)c1csc(NC2CC(=O)N(C3CC3)C2=O)n1. The Morgan fingerprint density at radius 1 is 1.42 bits per heavy atom. The van der Waals surface area contributed by atoms with Gasteiger partial charge in [0.25, 0.3) is 5.91 Å². The number of carbonyl (C=O) groups is 2. The van der Waals surface area contributed by atoms with E-state index in [1.54, 1.807) is 0 Å². The van der Waals surface area contributed by atoms with Crippen LogP contribution in [0.5, 0.6) is 0 Å². The van der Waals surface area contributed by atoms with Gasteiger partial charge in [0, 0.05) is 11.4 Å². The molecular formula is C13H17N3O2S.